The third-order valence-corrected chi connectivity index (χ3v) is 4.15. The Kier molecular flexibility index (Phi) is 3.46. The molecule has 0 aliphatic heterocycles. The molecule has 0 radical (unpaired) electrons. The number of hydrogen-bond donors (Lipinski definition) is 2. The third-order valence-electron chi connectivity index (χ3n) is 4.15. The van der Waals surface area contributed by atoms with Crippen LogP contribution in [0.25, 0.3) is 0 Å². The van der Waals surface area contributed by atoms with Crippen molar-refractivity contribution in [3.05, 3.63) is 59.4 Å². The summed E-state index contributed by atoms with van der Waals surface area (Å²) in [6, 6.07) is 9.77. The minimum absolute atomic E-state index is 0.121. The van der Waals surface area contributed by atoms with Crippen molar-refractivity contribution in [3.63, 3.8) is 0 Å². The van der Waals surface area contributed by atoms with Crippen LogP contribution in [0.1, 0.15) is 32.8 Å². The maximum absolute atomic E-state index is 11.1. The number of aliphatic carboxylic acids is 1. The first-order valence-electron chi connectivity index (χ1n) is 6.69. The van der Waals surface area contributed by atoms with Gasteiger partial charge in [-0.1, -0.05) is 57.2 Å². The molecule has 0 saturated heterocycles. The zero-order valence-electron chi connectivity index (χ0n) is 12.1. The number of carboxylic acid groups (broad SMARTS) is 1. The normalized spacial score (nSPS) is 22.9. The molecule has 1 aromatic carbocycles. The predicted molar refractivity (Wildman–Crippen MR) is 78.6 cm³/mol. The molecule has 0 saturated carbocycles. The van der Waals surface area contributed by atoms with Crippen molar-refractivity contribution >= 4 is 5.97 Å². The minimum Gasteiger partial charge on any atom is -0.511 e. The average Bonchev–Trinajstić information content (AvgIpc) is 2.38. The van der Waals surface area contributed by atoms with Gasteiger partial charge in [-0.3, -0.25) is 0 Å². The molecule has 2 rings (SSSR count). The van der Waals surface area contributed by atoms with Crippen LogP contribution in [0.4, 0.5) is 0 Å². The van der Waals surface area contributed by atoms with Crippen molar-refractivity contribution in [3.8, 4) is 0 Å². The lowest BCUT2D eigenvalue weighted by Gasteiger charge is -2.45. The summed E-state index contributed by atoms with van der Waals surface area (Å²) in [5, 5.41) is 19.7. The lowest BCUT2D eigenvalue weighted by atomic mass is 9.58. The number of carbonyl (C=O) groups is 1. The van der Waals surface area contributed by atoms with E-state index in [1.54, 1.807) is 6.08 Å². The van der Waals surface area contributed by atoms with E-state index in [4.69, 9.17) is 5.11 Å². The fourth-order valence-corrected chi connectivity index (χ4v) is 2.96. The number of benzene rings is 1. The van der Waals surface area contributed by atoms with Gasteiger partial charge < -0.3 is 10.2 Å². The van der Waals surface area contributed by atoms with Crippen molar-refractivity contribution in [2.45, 2.75) is 32.6 Å². The van der Waals surface area contributed by atoms with Crippen molar-refractivity contribution in [1.29, 1.82) is 0 Å². The van der Waals surface area contributed by atoms with Gasteiger partial charge in [0.25, 0.3) is 0 Å². The lowest BCUT2D eigenvalue weighted by Crippen LogP contribution is -2.43. The molecule has 0 fully saturated rings. The molecule has 0 bridgehead atoms. The van der Waals surface area contributed by atoms with Gasteiger partial charge in [-0.05, 0) is 23.5 Å². The van der Waals surface area contributed by atoms with Crippen molar-refractivity contribution in [2.24, 2.45) is 5.41 Å². The van der Waals surface area contributed by atoms with E-state index in [9.17, 15) is 9.90 Å². The molecular formula is C17H20O3. The summed E-state index contributed by atoms with van der Waals surface area (Å²) < 4.78 is 0. The average molecular weight is 272 g/mol. The molecule has 3 heteroatoms. The van der Waals surface area contributed by atoms with Gasteiger partial charge >= 0.3 is 5.97 Å². The molecule has 1 unspecified atom stereocenters. The van der Waals surface area contributed by atoms with Crippen LogP contribution in [-0.2, 0) is 10.2 Å². The molecule has 0 amide bonds. The van der Waals surface area contributed by atoms with Gasteiger partial charge in [-0.25, -0.2) is 4.79 Å². The fourth-order valence-electron chi connectivity index (χ4n) is 2.96. The quantitative estimate of drug-likeness (QED) is 0.860. The first kappa shape index (κ1) is 14.4. The first-order chi connectivity index (χ1) is 9.29. The molecular weight excluding hydrogens is 252 g/mol. The number of aliphatic hydroxyl groups is 1. The maximum Gasteiger partial charge on any atom is 0.335 e. The summed E-state index contributed by atoms with van der Waals surface area (Å²) in [6.45, 7) is 6.18. The summed E-state index contributed by atoms with van der Waals surface area (Å²) in [5.41, 5.74) is 0.322. The molecule has 0 heterocycles. The summed E-state index contributed by atoms with van der Waals surface area (Å²) in [4.78, 5) is 11.1. The van der Waals surface area contributed by atoms with Crippen LogP contribution in [-0.4, -0.2) is 16.2 Å². The lowest BCUT2D eigenvalue weighted by molar-refractivity contribution is -0.132. The van der Waals surface area contributed by atoms with Gasteiger partial charge in [0.2, 0.25) is 0 Å². The maximum atomic E-state index is 11.1. The highest BCUT2D eigenvalue weighted by molar-refractivity contribution is 5.90. The Bertz CT molecular complexity index is 576. The second-order valence-corrected chi connectivity index (χ2v) is 6.22. The number of allylic oxidation sites excluding steroid dienone is 2. The highest BCUT2D eigenvalue weighted by Crippen LogP contribution is 2.51. The van der Waals surface area contributed by atoms with Crippen LogP contribution in [0, 0.1) is 5.41 Å². The van der Waals surface area contributed by atoms with E-state index in [0.29, 0.717) is 6.42 Å². The molecule has 1 aromatic rings. The van der Waals surface area contributed by atoms with Gasteiger partial charge in [0.15, 0.2) is 0 Å². The zero-order chi connectivity index (χ0) is 15.0. The Morgan fingerprint density at radius 1 is 1.20 bits per heavy atom. The van der Waals surface area contributed by atoms with E-state index in [0.717, 1.165) is 5.56 Å². The van der Waals surface area contributed by atoms with Crippen LogP contribution < -0.4 is 0 Å². The van der Waals surface area contributed by atoms with E-state index < -0.39 is 11.4 Å². The van der Waals surface area contributed by atoms with Crippen LogP contribution in [0.5, 0.6) is 0 Å². The zero-order valence-corrected chi connectivity index (χ0v) is 12.1. The minimum atomic E-state index is -1.01. The largest absolute Gasteiger partial charge is 0.511 e. The predicted octanol–water partition coefficient (Wildman–Crippen LogP) is 3.83. The number of hydrogen-bond acceptors (Lipinski definition) is 2. The van der Waals surface area contributed by atoms with Crippen LogP contribution >= 0.6 is 0 Å². The van der Waals surface area contributed by atoms with Crippen molar-refractivity contribution in [2.75, 3.05) is 0 Å². The van der Waals surface area contributed by atoms with E-state index in [1.165, 1.54) is 6.08 Å². The Labute approximate surface area is 119 Å². The number of carboxylic acids is 1. The molecule has 1 aliphatic carbocycles. The summed E-state index contributed by atoms with van der Waals surface area (Å²) in [5.74, 6) is -0.886. The molecule has 3 nitrogen and oxygen atoms in total. The monoisotopic (exact) mass is 272 g/mol. The molecule has 20 heavy (non-hydrogen) atoms. The summed E-state index contributed by atoms with van der Waals surface area (Å²) in [7, 11) is 0. The Morgan fingerprint density at radius 3 is 2.25 bits per heavy atom. The second kappa shape index (κ2) is 4.82. The van der Waals surface area contributed by atoms with E-state index in [1.807, 2.05) is 30.3 Å². The van der Waals surface area contributed by atoms with Crippen molar-refractivity contribution in [1.82, 2.24) is 0 Å². The highest BCUT2D eigenvalue weighted by Gasteiger charge is 2.47. The van der Waals surface area contributed by atoms with E-state index in [-0.39, 0.29) is 16.7 Å². The van der Waals surface area contributed by atoms with Gasteiger partial charge in [0, 0.05) is 0 Å². The van der Waals surface area contributed by atoms with Gasteiger partial charge in [-0.15, -0.1) is 0 Å². The number of rotatable bonds is 2. The van der Waals surface area contributed by atoms with Crippen LogP contribution in [0.15, 0.2) is 53.8 Å². The molecule has 106 valence electrons. The topological polar surface area (TPSA) is 57.5 Å². The Hall–Kier alpha value is -2.03. The van der Waals surface area contributed by atoms with E-state index in [2.05, 4.69) is 20.8 Å². The van der Waals surface area contributed by atoms with Crippen LogP contribution in [0.3, 0.4) is 0 Å². The standard InChI is InChI=1S/C17H20O3/c1-16(2,3)17(13-7-5-4-6-8-13)10-9-12(15(19)20)11-14(17)18/h4-9,11,18H,10H2,1-3H3,(H,19,20). The highest BCUT2D eigenvalue weighted by atomic mass is 16.4. The Morgan fingerprint density at radius 2 is 1.80 bits per heavy atom. The molecule has 2 N–H and O–H groups in total. The van der Waals surface area contributed by atoms with Crippen molar-refractivity contribution < 1.29 is 15.0 Å². The first-order valence-corrected chi connectivity index (χ1v) is 6.69. The molecule has 0 aromatic heterocycles. The number of aliphatic hydroxyl groups excluding tert-OH is 1. The SMILES string of the molecule is CC(C)(C)C1(c2ccccc2)CC=C(C(=O)O)C=C1O. The fraction of sp³-hybridized carbons (Fsp3) is 0.353. The molecule has 0 spiro atoms. The second-order valence-electron chi connectivity index (χ2n) is 6.22. The van der Waals surface area contributed by atoms with Gasteiger partial charge in [0.1, 0.15) is 5.76 Å². The molecule has 1 atom stereocenters. The van der Waals surface area contributed by atoms with Gasteiger partial charge in [0.05, 0.1) is 11.0 Å². The molecule has 1 aliphatic rings. The smallest absolute Gasteiger partial charge is 0.335 e. The van der Waals surface area contributed by atoms with Crippen LogP contribution in [0.2, 0.25) is 0 Å². The summed E-state index contributed by atoms with van der Waals surface area (Å²) in [6.07, 6.45) is 3.55. The summed E-state index contributed by atoms with van der Waals surface area (Å²) >= 11 is 0. The van der Waals surface area contributed by atoms with E-state index >= 15 is 0 Å². The Balaban J connectivity index is 2.60. The third kappa shape index (κ3) is 2.13. The van der Waals surface area contributed by atoms with Gasteiger partial charge in [-0.2, -0.15) is 0 Å².